The molecule has 0 aromatic heterocycles. The van der Waals surface area contributed by atoms with E-state index >= 15 is 0 Å². The van der Waals surface area contributed by atoms with Gasteiger partial charge in [0.05, 0.1) is 0 Å². The molecule has 0 aliphatic heterocycles. The standard InChI is InChI=1S/C20H20F4O2/c21-14-8-12(9-15(22)18(14)25)20(6-4-2-1-3-5-7-20)13-10-16(23)19(26)17(24)11-13/h8-11,25-26H,1-7H2. The molecule has 1 aliphatic carbocycles. The molecule has 0 unspecified atom stereocenters. The monoisotopic (exact) mass is 368 g/mol. The summed E-state index contributed by atoms with van der Waals surface area (Å²) >= 11 is 0. The van der Waals surface area contributed by atoms with Gasteiger partial charge in [0, 0.05) is 5.41 Å². The SMILES string of the molecule is Oc1c(F)cc(C2(c3cc(F)c(O)c(F)c3)CCCCCCC2)cc1F. The van der Waals surface area contributed by atoms with Crippen LogP contribution in [0, 0.1) is 23.3 Å². The van der Waals surface area contributed by atoms with Gasteiger partial charge in [-0.15, -0.1) is 0 Å². The lowest BCUT2D eigenvalue weighted by Crippen LogP contribution is -2.29. The van der Waals surface area contributed by atoms with Crippen molar-refractivity contribution in [3.63, 3.8) is 0 Å². The van der Waals surface area contributed by atoms with Gasteiger partial charge in [-0.1, -0.05) is 32.1 Å². The number of rotatable bonds is 2. The summed E-state index contributed by atoms with van der Waals surface area (Å²) in [6, 6.07) is 4.12. The molecule has 2 aromatic rings. The Labute approximate surface area is 149 Å². The Hall–Kier alpha value is -2.24. The molecule has 140 valence electrons. The van der Waals surface area contributed by atoms with Crippen LogP contribution >= 0.6 is 0 Å². The second-order valence-corrected chi connectivity index (χ2v) is 6.93. The molecule has 0 amide bonds. The second-order valence-electron chi connectivity index (χ2n) is 6.93. The van der Waals surface area contributed by atoms with Gasteiger partial charge in [-0.3, -0.25) is 0 Å². The van der Waals surface area contributed by atoms with Gasteiger partial charge in [0.15, 0.2) is 34.8 Å². The number of benzene rings is 2. The highest BCUT2D eigenvalue weighted by molar-refractivity contribution is 5.45. The second kappa shape index (κ2) is 7.17. The van der Waals surface area contributed by atoms with E-state index in [1.807, 2.05) is 0 Å². The Morgan fingerprint density at radius 2 is 0.885 bits per heavy atom. The van der Waals surface area contributed by atoms with Crippen molar-refractivity contribution >= 4 is 0 Å². The van der Waals surface area contributed by atoms with E-state index in [1.165, 1.54) is 0 Å². The predicted octanol–water partition coefficient (Wildman–Crippen LogP) is 5.68. The van der Waals surface area contributed by atoms with Crippen LogP contribution in [-0.4, -0.2) is 10.2 Å². The Morgan fingerprint density at radius 1 is 0.577 bits per heavy atom. The zero-order chi connectivity index (χ0) is 18.9. The first-order valence-corrected chi connectivity index (χ1v) is 8.72. The number of phenolic OH excluding ortho intramolecular Hbond substituents is 2. The molecule has 0 saturated heterocycles. The minimum atomic E-state index is -1.11. The molecule has 6 heteroatoms. The smallest absolute Gasteiger partial charge is 0.187 e. The minimum Gasteiger partial charge on any atom is -0.503 e. The molecule has 0 atom stereocenters. The number of aromatic hydroxyl groups is 2. The Morgan fingerprint density at radius 3 is 1.23 bits per heavy atom. The van der Waals surface area contributed by atoms with Crippen molar-refractivity contribution in [1.82, 2.24) is 0 Å². The zero-order valence-electron chi connectivity index (χ0n) is 14.2. The fraction of sp³-hybridized carbons (Fsp3) is 0.400. The van der Waals surface area contributed by atoms with Crippen LogP contribution in [0.1, 0.15) is 56.1 Å². The van der Waals surface area contributed by atoms with Crippen molar-refractivity contribution in [2.24, 2.45) is 0 Å². The summed E-state index contributed by atoms with van der Waals surface area (Å²) in [5.41, 5.74) is -0.529. The van der Waals surface area contributed by atoms with Crippen LogP contribution in [0.25, 0.3) is 0 Å². The lowest BCUT2D eigenvalue weighted by molar-refractivity contribution is 0.350. The summed E-state index contributed by atoms with van der Waals surface area (Å²) < 4.78 is 56.0. The summed E-state index contributed by atoms with van der Waals surface area (Å²) in [5.74, 6) is -6.58. The van der Waals surface area contributed by atoms with Gasteiger partial charge < -0.3 is 10.2 Å². The molecule has 3 rings (SSSR count). The molecule has 2 N–H and O–H groups in total. The third-order valence-electron chi connectivity index (χ3n) is 5.35. The van der Waals surface area contributed by atoms with Crippen molar-refractivity contribution in [2.75, 3.05) is 0 Å². The molecular formula is C20H20F4O2. The topological polar surface area (TPSA) is 40.5 Å². The molecule has 0 spiro atoms. The van der Waals surface area contributed by atoms with Gasteiger partial charge >= 0.3 is 0 Å². The summed E-state index contributed by atoms with van der Waals surface area (Å²) in [7, 11) is 0. The summed E-state index contributed by atoms with van der Waals surface area (Å²) in [5, 5.41) is 18.8. The van der Waals surface area contributed by atoms with Gasteiger partial charge in [0.1, 0.15) is 0 Å². The van der Waals surface area contributed by atoms with Crippen molar-refractivity contribution in [1.29, 1.82) is 0 Å². The van der Waals surface area contributed by atoms with Crippen LogP contribution < -0.4 is 0 Å². The zero-order valence-corrected chi connectivity index (χ0v) is 14.2. The normalized spacial score (nSPS) is 17.5. The lowest BCUT2D eigenvalue weighted by atomic mass is 9.67. The van der Waals surface area contributed by atoms with E-state index in [0.717, 1.165) is 56.4 Å². The molecule has 1 saturated carbocycles. The van der Waals surface area contributed by atoms with Crippen LogP contribution in [0.15, 0.2) is 24.3 Å². The molecular weight excluding hydrogens is 348 g/mol. The van der Waals surface area contributed by atoms with Crippen LogP contribution in [0.2, 0.25) is 0 Å². The van der Waals surface area contributed by atoms with Gasteiger partial charge in [-0.25, -0.2) is 17.6 Å². The summed E-state index contributed by atoms with van der Waals surface area (Å²) in [6.45, 7) is 0. The third kappa shape index (κ3) is 3.24. The molecule has 2 nitrogen and oxygen atoms in total. The van der Waals surface area contributed by atoms with E-state index < -0.39 is 40.2 Å². The van der Waals surface area contributed by atoms with Gasteiger partial charge in [0.25, 0.3) is 0 Å². The van der Waals surface area contributed by atoms with Crippen molar-refractivity contribution in [2.45, 2.75) is 50.4 Å². The maximum absolute atomic E-state index is 14.0. The molecule has 2 aromatic carbocycles. The van der Waals surface area contributed by atoms with Gasteiger partial charge in [0.2, 0.25) is 0 Å². The van der Waals surface area contributed by atoms with E-state index in [4.69, 9.17) is 0 Å². The predicted molar refractivity (Wildman–Crippen MR) is 89.1 cm³/mol. The highest BCUT2D eigenvalue weighted by atomic mass is 19.1. The largest absolute Gasteiger partial charge is 0.503 e. The molecule has 0 bridgehead atoms. The highest BCUT2D eigenvalue weighted by Gasteiger charge is 2.37. The van der Waals surface area contributed by atoms with E-state index in [9.17, 15) is 27.8 Å². The van der Waals surface area contributed by atoms with Crippen molar-refractivity contribution in [3.05, 3.63) is 58.7 Å². The average molecular weight is 368 g/mol. The van der Waals surface area contributed by atoms with Crippen LogP contribution in [0.3, 0.4) is 0 Å². The van der Waals surface area contributed by atoms with E-state index in [2.05, 4.69) is 0 Å². The Balaban J connectivity index is 2.23. The van der Waals surface area contributed by atoms with Crippen molar-refractivity contribution in [3.8, 4) is 11.5 Å². The van der Waals surface area contributed by atoms with Crippen LogP contribution in [-0.2, 0) is 5.41 Å². The first kappa shape index (κ1) is 18.5. The quantitative estimate of drug-likeness (QED) is 0.669. The molecule has 1 fully saturated rings. The fourth-order valence-corrected chi connectivity index (χ4v) is 3.94. The van der Waals surface area contributed by atoms with Gasteiger partial charge in [-0.2, -0.15) is 0 Å². The Bertz CT molecular complexity index is 706. The first-order valence-electron chi connectivity index (χ1n) is 8.72. The maximum atomic E-state index is 14.0. The molecule has 0 heterocycles. The van der Waals surface area contributed by atoms with Crippen LogP contribution in [0.5, 0.6) is 11.5 Å². The third-order valence-corrected chi connectivity index (χ3v) is 5.35. The summed E-state index contributed by atoms with van der Waals surface area (Å²) in [4.78, 5) is 0. The fourth-order valence-electron chi connectivity index (χ4n) is 3.94. The number of hydrogen-bond donors (Lipinski definition) is 2. The molecule has 0 radical (unpaired) electrons. The lowest BCUT2D eigenvalue weighted by Gasteiger charge is -2.37. The van der Waals surface area contributed by atoms with Crippen LogP contribution in [0.4, 0.5) is 17.6 Å². The molecule has 1 aliphatic rings. The maximum Gasteiger partial charge on any atom is 0.187 e. The van der Waals surface area contributed by atoms with E-state index in [1.54, 1.807) is 0 Å². The first-order chi connectivity index (χ1) is 12.3. The average Bonchev–Trinajstić information content (AvgIpc) is 2.57. The highest BCUT2D eigenvalue weighted by Crippen LogP contribution is 2.45. The number of phenols is 2. The molecule has 26 heavy (non-hydrogen) atoms. The van der Waals surface area contributed by atoms with Gasteiger partial charge in [-0.05, 0) is 48.2 Å². The van der Waals surface area contributed by atoms with E-state index in [-0.39, 0.29) is 11.1 Å². The van der Waals surface area contributed by atoms with Crippen molar-refractivity contribution < 1.29 is 27.8 Å². The number of halogens is 4. The minimum absolute atomic E-state index is 0.233. The Kier molecular flexibility index (Phi) is 5.12. The summed E-state index contributed by atoms with van der Waals surface area (Å²) in [6.07, 6.45) is 5.23. The number of hydrogen-bond acceptors (Lipinski definition) is 2. The van der Waals surface area contributed by atoms with E-state index in [0.29, 0.717) is 12.8 Å².